The second-order valence-electron chi connectivity index (χ2n) is 7.04. The summed E-state index contributed by atoms with van der Waals surface area (Å²) in [7, 11) is 3.21. The van der Waals surface area contributed by atoms with Crippen molar-refractivity contribution in [2.45, 2.75) is 31.7 Å². The Hall–Kier alpha value is -2.40. The molecule has 3 rings (SSSR count). The van der Waals surface area contributed by atoms with E-state index in [0.717, 1.165) is 42.9 Å². The van der Waals surface area contributed by atoms with Gasteiger partial charge in [0.1, 0.15) is 0 Å². The Kier molecular flexibility index (Phi) is 7.04. The van der Waals surface area contributed by atoms with E-state index in [2.05, 4.69) is 17.4 Å². The Morgan fingerprint density at radius 3 is 2.57 bits per heavy atom. The third kappa shape index (κ3) is 5.10. The lowest BCUT2D eigenvalue weighted by molar-refractivity contribution is 0.197. The summed E-state index contributed by atoms with van der Waals surface area (Å²) < 4.78 is 10.6. The summed E-state index contributed by atoms with van der Waals surface area (Å²) in [6, 6.07) is 13.6. The minimum atomic E-state index is -0.0318. The summed E-state index contributed by atoms with van der Waals surface area (Å²) >= 11 is 6.01. The van der Waals surface area contributed by atoms with Crippen LogP contribution in [-0.2, 0) is 6.54 Å². The third-order valence-corrected chi connectivity index (χ3v) is 5.44. The number of nitrogens with one attached hydrogen (secondary N) is 1. The highest BCUT2D eigenvalue weighted by atomic mass is 35.5. The highest BCUT2D eigenvalue weighted by Crippen LogP contribution is 2.29. The lowest BCUT2D eigenvalue weighted by Crippen LogP contribution is -2.41. The average Bonchev–Trinajstić information content (AvgIpc) is 2.98. The molecule has 150 valence electrons. The third-order valence-electron chi connectivity index (χ3n) is 5.19. The van der Waals surface area contributed by atoms with Gasteiger partial charge < -0.3 is 19.7 Å². The number of ether oxygens (including phenoxy) is 2. The number of methoxy groups -OCH3 is 2. The number of carbonyl (C=O) groups is 1. The molecule has 0 spiro atoms. The first-order valence-corrected chi connectivity index (χ1v) is 9.97. The van der Waals surface area contributed by atoms with Crippen molar-refractivity contribution < 1.29 is 14.3 Å². The Bertz CT molecular complexity index is 795. The van der Waals surface area contributed by atoms with Crippen molar-refractivity contribution in [3.63, 3.8) is 0 Å². The molecule has 1 saturated heterocycles. The molecule has 0 unspecified atom stereocenters. The topological polar surface area (TPSA) is 50.8 Å². The SMILES string of the molecule is COc1ccc(CNC(=O)N2CCCC[C@H](c3ccc(Cl)cc3)C2)cc1OC. The van der Waals surface area contributed by atoms with Crippen molar-refractivity contribution in [3.05, 3.63) is 58.6 Å². The molecule has 1 atom stereocenters. The molecular formula is C22H27ClN2O3. The molecule has 0 bridgehead atoms. The van der Waals surface area contributed by atoms with Crippen molar-refractivity contribution in [1.29, 1.82) is 0 Å². The van der Waals surface area contributed by atoms with Crippen LogP contribution in [-0.4, -0.2) is 38.2 Å². The fraction of sp³-hybridized carbons (Fsp3) is 0.409. The van der Waals surface area contributed by atoms with Crippen molar-refractivity contribution in [2.24, 2.45) is 0 Å². The molecule has 6 heteroatoms. The number of amides is 2. The molecule has 1 aliphatic heterocycles. The highest BCUT2D eigenvalue weighted by Gasteiger charge is 2.23. The number of halogens is 1. The zero-order valence-corrected chi connectivity index (χ0v) is 17.2. The molecule has 1 heterocycles. The fourth-order valence-corrected chi connectivity index (χ4v) is 3.74. The van der Waals surface area contributed by atoms with E-state index in [0.29, 0.717) is 24.0 Å². The van der Waals surface area contributed by atoms with Gasteiger partial charge in [0.15, 0.2) is 11.5 Å². The number of likely N-dealkylation sites (tertiary alicyclic amines) is 1. The summed E-state index contributed by atoms with van der Waals surface area (Å²) in [5, 5.41) is 3.77. The van der Waals surface area contributed by atoms with Gasteiger partial charge in [-0.15, -0.1) is 0 Å². The van der Waals surface area contributed by atoms with E-state index in [9.17, 15) is 4.79 Å². The Morgan fingerprint density at radius 1 is 1.11 bits per heavy atom. The zero-order chi connectivity index (χ0) is 19.9. The van der Waals surface area contributed by atoms with E-state index in [1.54, 1.807) is 14.2 Å². The Balaban J connectivity index is 1.62. The van der Waals surface area contributed by atoms with E-state index in [1.165, 1.54) is 5.56 Å². The molecule has 5 nitrogen and oxygen atoms in total. The molecule has 2 aromatic carbocycles. The summed E-state index contributed by atoms with van der Waals surface area (Å²) in [5.41, 5.74) is 2.21. The monoisotopic (exact) mass is 402 g/mol. The van der Waals surface area contributed by atoms with Crippen LogP contribution in [0, 0.1) is 0 Å². The number of hydrogen-bond donors (Lipinski definition) is 1. The number of urea groups is 1. The highest BCUT2D eigenvalue weighted by molar-refractivity contribution is 6.30. The quantitative estimate of drug-likeness (QED) is 0.778. The maximum Gasteiger partial charge on any atom is 0.317 e. The van der Waals surface area contributed by atoms with Crippen LogP contribution in [0.1, 0.15) is 36.3 Å². The van der Waals surface area contributed by atoms with Crippen LogP contribution >= 0.6 is 11.6 Å². The van der Waals surface area contributed by atoms with Gasteiger partial charge in [0, 0.05) is 30.6 Å². The van der Waals surface area contributed by atoms with Crippen molar-refractivity contribution in [1.82, 2.24) is 10.2 Å². The predicted octanol–water partition coefficient (Wildman–Crippen LogP) is 4.84. The standard InChI is InChI=1S/C22H27ClN2O3/c1-27-20-11-6-16(13-21(20)28-2)14-24-22(26)25-12-4-3-5-18(15-25)17-7-9-19(23)10-8-17/h6-11,13,18H,3-5,12,14-15H2,1-2H3,(H,24,26)/t18-/m0/s1. The second-order valence-corrected chi connectivity index (χ2v) is 7.47. The maximum absolute atomic E-state index is 12.8. The lowest BCUT2D eigenvalue weighted by Gasteiger charge is -2.25. The molecule has 2 aromatic rings. The van der Waals surface area contributed by atoms with Gasteiger partial charge >= 0.3 is 6.03 Å². The van der Waals surface area contributed by atoms with E-state index in [-0.39, 0.29) is 6.03 Å². The van der Waals surface area contributed by atoms with Crippen molar-refractivity contribution in [2.75, 3.05) is 27.3 Å². The summed E-state index contributed by atoms with van der Waals surface area (Å²) in [4.78, 5) is 14.7. The molecule has 2 amide bonds. The predicted molar refractivity (Wildman–Crippen MR) is 111 cm³/mol. The van der Waals surface area contributed by atoms with Crippen LogP contribution in [0.2, 0.25) is 5.02 Å². The minimum Gasteiger partial charge on any atom is -0.493 e. The molecule has 1 aliphatic rings. The maximum atomic E-state index is 12.8. The molecule has 28 heavy (non-hydrogen) atoms. The van der Waals surface area contributed by atoms with Gasteiger partial charge in [0.05, 0.1) is 14.2 Å². The number of hydrogen-bond acceptors (Lipinski definition) is 3. The fourth-order valence-electron chi connectivity index (χ4n) is 3.61. The number of rotatable bonds is 5. The van der Waals surface area contributed by atoms with Gasteiger partial charge in [-0.25, -0.2) is 4.79 Å². The molecule has 0 aromatic heterocycles. The molecule has 0 radical (unpaired) electrons. The average molecular weight is 403 g/mol. The van der Waals surface area contributed by atoms with E-state index in [4.69, 9.17) is 21.1 Å². The van der Waals surface area contributed by atoms with Crippen LogP contribution in [0.4, 0.5) is 4.79 Å². The van der Waals surface area contributed by atoms with Crippen molar-refractivity contribution >= 4 is 17.6 Å². The smallest absolute Gasteiger partial charge is 0.317 e. The summed E-state index contributed by atoms with van der Waals surface area (Å²) in [5.74, 6) is 1.68. The Labute approximate surface area is 171 Å². The van der Waals surface area contributed by atoms with Gasteiger partial charge in [-0.05, 0) is 48.2 Å². The number of carbonyl (C=O) groups excluding carboxylic acids is 1. The first-order chi connectivity index (χ1) is 13.6. The van der Waals surface area contributed by atoms with Crippen molar-refractivity contribution in [3.8, 4) is 11.5 Å². The first-order valence-electron chi connectivity index (χ1n) is 9.60. The summed E-state index contributed by atoms with van der Waals surface area (Å²) in [6.45, 7) is 1.95. The number of benzene rings is 2. The van der Waals surface area contributed by atoms with Gasteiger partial charge in [-0.2, -0.15) is 0 Å². The Morgan fingerprint density at radius 2 is 1.86 bits per heavy atom. The van der Waals surface area contributed by atoms with Crippen LogP contribution in [0.5, 0.6) is 11.5 Å². The van der Waals surface area contributed by atoms with Gasteiger partial charge in [0.2, 0.25) is 0 Å². The van der Waals surface area contributed by atoms with Crippen LogP contribution in [0.15, 0.2) is 42.5 Å². The molecule has 1 fully saturated rings. The van der Waals surface area contributed by atoms with Crippen LogP contribution in [0.25, 0.3) is 0 Å². The van der Waals surface area contributed by atoms with E-state index < -0.39 is 0 Å². The number of nitrogens with zero attached hydrogens (tertiary/aromatic N) is 1. The molecule has 0 saturated carbocycles. The lowest BCUT2D eigenvalue weighted by atomic mass is 9.94. The second kappa shape index (κ2) is 9.69. The summed E-state index contributed by atoms with van der Waals surface area (Å²) in [6.07, 6.45) is 3.22. The van der Waals surface area contributed by atoms with E-state index >= 15 is 0 Å². The van der Waals surface area contributed by atoms with Gasteiger partial charge in [0.25, 0.3) is 0 Å². The zero-order valence-electron chi connectivity index (χ0n) is 16.4. The molecule has 1 N–H and O–H groups in total. The van der Waals surface area contributed by atoms with Crippen LogP contribution < -0.4 is 14.8 Å². The molecule has 0 aliphatic carbocycles. The largest absolute Gasteiger partial charge is 0.493 e. The molecular weight excluding hydrogens is 376 g/mol. The van der Waals surface area contributed by atoms with Crippen LogP contribution in [0.3, 0.4) is 0 Å². The minimum absolute atomic E-state index is 0.0318. The van der Waals surface area contributed by atoms with Gasteiger partial charge in [-0.3, -0.25) is 0 Å². The van der Waals surface area contributed by atoms with Gasteiger partial charge in [-0.1, -0.05) is 36.2 Å². The van der Waals surface area contributed by atoms with E-state index in [1.807, 2.05) is 35.2 Å². The first kappa shape index (κ1) is 20.3. The normalized spacial score (nSPS) is 17.0.